The first kappa shape index (κ1) is 9.36. The predicted molar refractivity (Wildman–Crippen MR) is 52.4 cm³/mol. The number of thiol groups is 1. The van der Waals surface area contributed by atoms with Gasteiger partial charge in [-0.3, -0.25) is 0 Å². The molecular weight excluding hydrogens is 156 g/mol. The van der Waals surface area contributed by atoms with Crippen LogP contribution in [0.1, 0.15) is 13.3 Å². The van der Waals surface area contributed by atoms with Gasteiger partial charge in [-0.25, -0.2) is 0 Å². The van der Waals surface area contributed by atoms with Crippen LogP contribution in [0.2, 0.25) is 0 Å². The van der Waals surface area contributed by atoms with E-state index in [4.69, 9.17) is 0 Å². The van der Waals surface area contributed by atoms with Gasteiger partial charge in [0.2, 0.25) is 0 Å². The van der Waals surface area contributed by atoms with Gasteiger partial charge in [0.25, 0.3) is 0 Å². The Morgan fingerprint density at radius 2 is 2.09 bits per heavy atom. The van der Waals surface area contributed by atoms with Gasteiger partial charge >= 0.3 is 0 Å². The molecule has 2 nitrogen and oxygen atoms in total. The number of rotatable bonds is 3. The van der Waals surface area contributed by atoms with Gasteiger partial charge in [0.1, 0.15) is 0 Å². The van der Waals surface area contributed by atoms with Gasteiger partial charge in [0, 0.05) is 31.4 Å². The first-order valence-corrected chi connectivity index (χ1v) is 4.92. The van der Waals surface area contributed by atoms with Gasteiger partial charge in [-0.1, -0.05) is 6.92 Å². The van der Waals surface area contributed by atoms with Crippen molar-refractivity contribution in [3.8, 4) is 0 Å². The Morgan fingerprint density at radius 1 is 1.45 bits per heavy atom. The van der Waals surface area contributed by atoms with E-state index < -0.39 is 0 Å². The zero-order valence-electron chi connectivity index (χ0n) is 7.21. The Bertz CT molecular complexity index is 100. The van der Waals surface area contributed by atoms with E-state index in [2.05, 4.69) is 29.8 Å². The van der Waals surface area contributed by atoms with Gasteiger partial charge in [0.05, 0.1) is 0 Å². The zero-order valence-corrected chi connectivity index (χ0v) is 8.11. The normalized spacial score (nSPS) is 23.5. The number of piperazine rings is 1. The molecule has 1 atom stereocenters. The number of hydrogen-bond acceptors (Lipinski definition) is 3. The van der Waals surface area contributed by atoms with E-state index in [-0.39, 0.29) is 0 Å². The lowest BCUT2D eigenvalue weighted by atomic mass is 10.3. The van der Waals surface area contributed by atoms with E-state index in [0.717, 1.165) is 13.1 Å². The van der Waals surface area contributed by atoms with Crippen LogP contribution in [0, 0.1) is 0 Å². The summed E-state index contributed by atoms with van der Waals surface area (Å²) in [6, 6.07) is 0. The molecule has 0 bridgehead atoms. The fraction of sp³-hybridized carbons (Fsp3) is 1.00. The van der Waals surface area contributed by atoms with Crippen molar-refractivity contribution in [2.45, 2.75) is 18.6 Å². The molecular formula is C8H18N2S. The zero-order chi connectivity index (χ0) is 8.10. The summed E-state index contributed by atoms with van der Waals surface area (Å²) < 4.78 is 0. The van der Waals surface area contributed by atoms with E-state index in [1.165, 1.54) is 26.1 Å². The van der Waals surface area contributed by atoms with Gasteiger partial charge in [-0.05, 0) is 13.0 Å². The molecule has 66 valence electrons. The summed E-state index contributed by atoms with van der Waals surface area (Å²) in [5.74, 6) is 0. The molecule has 0 aromatic carbocycles. The molecule has 0 radical (unpaired) electrons. The smallest absolute Gasteiger partial charge is 0.0107 e. The molecule has 0 aromatic heterocycles. The van der Waals surface area contributed by atoms with Gasteiger partial charge in [-0.15, -0.1) is 0 Å². The fourth-order valence-electron chi connectivity index (χ4n) is 1.30. The molecule has 3 heteroatoms. The van der Waals surface area contributed by atoms with Crippen molar-refractivity contribution in [1.29, 1.82) is 0 Å². The molecule has 1 heterocycles. The van der Waals surface area contributed by atoms with Crippen LogP contribution in [-0.2, 0) is 0 Å². The molecule has 1 unspecified atom stereocenters. The summed E-state index contributed by atoms with van der Waals surface area (Å²) in [7, 11) is 0. The quantitative estimate of drug-likeness (QED) is 0.609. The molecule has 11 heavy (non-hydrogen) atoms. The maximum atomic E-state index is 4.36. The lowest BCUT2D eigenvalue weighted by Gasteiger charge is -2.27. The number of nitrogens with zero attached hydrogens (tertiary/aromatic N) is 1. The minimum atomic E-state index is 0.546. The van der Waals surface area contributed by atoms with Crippen molar-refractivity contribution in [1.82, 2.24) is 10.2 Å². The summed E-state index contributed by atoms with van der Waals surface area (Å²) in [4.78, 5) is 2.50. The topological polar surface area (TPSA) is 15.3 Å². The standard InChI is InChI=1S/C8H18N2S/c1-8(11)2-5-10-6-3-9-4-7-10/h8-9,11H,2-7H2,1H3. The second kappa shape index (κ2) is 5.01. The molecule has 0 aromatic rings. The molecule has 0 aliphatic carbocycles. The van der Waals surface area contributed by atoms with Crippen molar-refractivity contribution < 1.29 is 0 Å². The molecule has 0 amide bonds. The maximum absolute atomic E-state index is 4.36. The minimum absolute atomic E-state index is 0.546. The Hall–Kier alpha value is 0.270. The van der Waals surface area contributed by atoms with Crippen LogP contribution in [0.3, 0.4) is 0 Å². The van der Waals surface area contributed by atoms with Crippen molar-refractivity contribution in [3.05, 3.63) is 0 Å². The highest BCUT2D eigenvalue weighted by Gasteiger charge is 2.08. The molecule has 1 fully saturated rings. The Morgan fingerprint density at radius 3 is 2.64 bits per heavy atom. The van der Waals surface area contributed by atoms with E-state index in [1.54, 1.807) is 0 Å². The third kappa shape index (κ3) is 3.99. The molecule has 1 aliphatic heterocycles. The summed E-state index contributed by atoms with van der Waals surface area (Å²) in [5.41, 5.74) is 0. The molecule has 1 saturated heterocycles. The average molecular weight is 174 g/mol. The highest BCUT2D eigenvalue weighted by atomic mass is 32.1. The van der Waals surface area contributed by atoms with Crippen molar-refractivity contribution in [2.75, 3.05) is 32.7 Å². The highest BCUT2D eigenvalue weighted by molar-refractivity contribution is 7.80. The summed E-state index contributed by atoms with van der Waals surface area (Å²) >= 11 is 4.36. The second-order valence-electron chi connectivity index (χ2n) is 3.23. The molecule has 1 aliphatic rings. The van der Waals surface area contributed by atoms with E-state index >= 15 is 0 Å². The van der Waals surface area contributed by atoms with Crippen molar-refractivity contribution >= 4 is 12.6 Å². The van der Waals surface area contributed by atoms with Crippen LogP contribution < -0.4 is 5.32 Å². The Labute approximate surface area is 74.8 Å². The summed E-state index contributed by atoms with van der Waals surface area (Å²) in [6.45, 7) is 8.10. The van der Waals surface area contributed by atoms with Crippen LogP contribution in [0.4, 0.5) is 0 Å². The summed E-state index contributed by atoms with van der Waals surface area (Å²) in [6.07, 6.45) is 1.21. The third-order valence-corrected chi connectivity index (χ3v) is 2.33. The lowest BCUT2D eigenvalue weighted by Crippen LogP contribution is -2.44. The predicted octanol–water partition coefficient (Wildman–Crippen LogP) is 0.600. The number of nitrogens with one attached hydrogen (secondary N) is 1. The van der Waals surface area contributed by atoms with Crippen LogP contribution >= 0.6 is 12.6 Å². The highest BCUT2D eigenvalue weighted by Crippen LogP contribution is 2.02. The minimum Gasteiger partial charge on any atom is -0.314 e. The average Bonchev–Trinajstić information content (AvgIpc) is 2.03. The largest absolute Gasteiger partial charge is 0.314 e. The monoisotopic (exact) mass is 174 g/mol. The van der Waals surface area contributed by atoms with E-state index in [0.29, 0.717) is 5.25 Å². The lowest BCUT2D eigenvalue weighted by molar-refractivity contribution is 0.239. The Kier molecular flexibility index (Phi) is 4.26. The second-order valence-corrected chi connectivity index (χ2v) is 4.11. The molecule has 1 N–H and O–H groups in total. The Balaban J connectivity index is 2.05. The maximum Gasteiger partial charge on any atom is 0.0107 e. The fourth-order valence-corrected chi connectivity index (χ4v) is 1.42. The first-order valence-electron chi connectivity index (χ1n) is 4.40. The summed E-state index contributed by atoms with van der Waals surface area (Å²) in [5, 5.41) is 3.89. The van der Waals surface area contributed by atoms with Crippen LogP contribution in [-0.4, -0.2) is 42.9 Å². The van der Waals surface area contributed by atoms with Gasteiger partial charge in [-0.2, -0.15) is 12.6 Å². The van der Waals surface area contributed by atoms with Gasteiger partial charge in [0.15, 0.2) is 0 Å². The van der Waals surface area contributed by atoms with Crippen LogP contribution in [0.15, 0.2) is 0 Å². The van der Waals surface area contributed by atoms with E-state index in [9.17, 15) is 0 Å². The molecule has 0 spiro atoms. The molecule has 0 saturated carbocycles. The SMILES string of the molecule is CC(S)CCN1CCNCC1. The van der Waals surface area contributed by atoms with Crippen molar-refractivity contribution in [3.63, 3.8) is 0 Å². The van der Waals surface area contributed by atoms with Crippen LogP contribution in [0.5, 0.6) is 0 Å². The van der Waals surface area contributed by atoms with Crippen LogP contribution in [0.25, 0.3) is 0 Å². The first-order chi connectivity index (χ1) is 5.29. The van der Waals surface area contributed by atoms with Gasteiger partial charge < -0.3 is 10.2 Å². The third-order valence-electron chi connectivity index (χ3n) is 2.07. The van der Waals surface area contributed by atoms with Crippen molar-refractivity contribution in [2.24, 2.45) is 0 Å². The molecule has 1 rings (SSSR count). The van der Waals surface area contributed by atoms with E-state index in [1.807, 2.05) is 0 Å². The number of hydrogen-bond donors (Lipinski definition) is 2.